The molecular weight excluding hydrogens is 390 g/mol. The highest BCUT2D eigenvalue weighted by molar-refractivity contribution is 6.22. The number of hydrogen-bond acceptors (Lipinski definition) is 4. The number of ketones is 1. The Bertz CT molecular complexity index is 1070. The van der Waals surface area contributed by atoms with Gasteiger partial charge in [-0.3, -0.25) is 19.3 Å². The monoisotopic (exact) mass is 413 g/mol. The molecule has 0 aromatic heterocycles. The molecule has 2 saturated carbocycles. The van der Waals surface area contributed by atoms with E-state index in [1.807, 2.05) is 18.2 Å². The van der Waals surface area contributed by atoms with Crippen LogP contribution in [0.25, 0.3) is 0 Å². The summed E-state index contributed by atoms with van der Waals surface area (Å²) in [5.74, 6) is 1.50. The smallest absolute Gasteiger partial charge is 0.238 e. The lowest BCUT2D eigenvalue weighted by molar-refractivity contribution is -0.124. The summed E-state index contributed by atoms with van der Waals surface area (Å²) in [6.45, 7) is 1.72. The number of allylic oxidation sites excluding steroid dienone is 2. The lowest BCUT2D eigenvalue weighted by Crippen LogP contribution is -2.40. The molecule has 5 aliphatic rings. The first-order valence-corrected chi connectivity index (χ1v) is 11.0. The van der Waals surface area contributed by atoms with Gasteiger partial charge in [0.05, 0.1) is 17.5 Å². The molecular formula is C26H23NO4. The van der Waals surface area contributed by atoms with Gasteiger partial charge >= 0.3 is 0 Å². The number of benzene rings is 2. The van der Waals surface area contributed by atoms with Crippen LogP contribution in [0.1, 0.15) is 23.7 Å². The van der Waals surface area contributed by atoms with Crippen molar-refractivity contribution in [3.8, 4) is 5.75 Å². The van der Waals surface area contributed by atoms with Crippen LogP contribution in [0.2, 0.25) is 0 Å². The summed E-state index contributed by atoms with van der Waals surface area (Å²) in [4.78, 5) is 40.3. The van der Waals surface area contributed by atoms with Crippen molar-refractivity contribution in [1.82, 2.24) is 0 Å². The number of carbonyl (C=O) groups excluding carboxylic acids is 3. The van der Waals surface area contributed by atoms with E-state index in [4.69, 9.17) is 4.74 Å². The lowest BCUT2D eigenvalue weighted by Gasteiger charge is -2.37. The maximum Gasteiger partial charge on any atom is 0.238 e. The highest BCUT2D eigenvalue weighted by Gasteiger charge is 2.67. The lowest BCUT2D eigenvalue weighted by atomic mass is 9.63. The van der Waals surface area contributed by atoms with Gasteiger partial charge in [-0.1, -0.05) is 42.5 Å². The highest BCUT2D eigenvalue weighted by Crippen LogP contribution is 2.65. The van der Waals surface area contributed by atoms with Crippen LogP contribution < -0.4 is 9.64 Å². The minimum Gasteiger partial charge on any atom is -0.483 e. The molecule has 0 spiro atoms. The number of carbonyl (C=O) groups is 3. The van der Waals surface area contributed by atoms with Crippen LogP contribution in [0, 0.1) is 35.5 Å². The minimum absolute atomic E-state index is 0.0685. The molecule has 5 nitrogen and oxygen atoms in total. The van der Waals surface area contributed by atoms with E-state index in [1.165, 1.54) is 4.90 Å². The topological polar surface area (TPSA) is 63.7 Å². The second kappa shape index (κ2) is 6.64. The summed E-state index contributed by atoms with van der Waals surface area (Å²) in [5, 5.41) is 0. The largest absolute Gasteiger partial charge is 0.483 e. The number of amides is 2. The molecule has 2 aromatic rings. The van der Waals surface area contributed by atoms with Crippen LogP contribution in [-0.4, -0.2) is 23.7 Å². The normalized spacial score (nSPS) is 33.1. The molecule has 1 aliphatic heterocycles. The van der Waals surface area contributed by atoms with Crippen molar-refractivity contribution in [2.24, 2.45) is 35.5 Å². The van der Waals surface area contributed by atoms with E-state index in [1.54, 1.807) is 43.3 Å². The van der Waals surface area contributed by atoms with Crippen molar-refractivity contribution >= 4 is 23.3 Å². The molecule has 2 bridgehead atoms. The summed E-state index contributed by atoms with van der Waals surface area (Å²) in [6.07, 6.45) is 4.87. The Hall–Kier alpha value is -3.21. The molecule has 2 amide bonds. The fraction of sp³-hybridized carbons (Fsp3) is 0.346. The van der Waals surface area contributed by atoms with E-state index in [-0.39, 0.29) is 41.3 Å². The Balaban J connectivity index is 1.19. The number of ether oxygens (including phenoxy) is 1. The molecule has 5 heteroatoms. The van der Waals surface area contributed by atoms with E-state index < -0.39 is 6.10 Å². The van der Waals surface area contributed by atoms with Gasteiger partial charge in [0.15, 0.2) is 6.10 Å². The Kier molecular flexibility index (Phi) is 3.98. The van der Waals surface area contributed by atoms with E-state index >= 15 is 0 Å². The Morgan fingerprint density at radius 3 is 2.06 bits per heavy atom. The average molecular weight is 413 g/mol. The summed E-state index contributed by atoms with van der Waals surface area (Å²) >= 11 is 0. The van der Waals surface area contributed by atoms with Crippen LogP contribution in [0.15, 0.2) is 66.7 Å². The van der Waals surface area contributed by atoms with Crippen molar-refractivity contribution in [2.45, 2.75) is 19.4 Å². The van der Waals surface area contributed by atoms with E-state index in [9.17, 15) is 14.4 Å². The molecule has 0 unspecified atom stereocenters. The molecule has 3 fully saturated rings. The molecule has 31 heavy (non-hydrogen) atoms. The summed E-state index contributed by atoms with van der Waals surface area (Å²) in [6, 6.07) is 15.9. The molecule has 7 atom stereocenters. The number of anilines is 1. The van der Waals surface area contributed by atoms with Crippen molar-refractivity contribution < 1.29 is 19.1 Å². The standard InChI is InChI=1S/C26H23NO4/c1-14(24(28)15-5-3-2-4-6-15)31-17-9-7-16(8-10-17)27-25(29)22-18-11-12-19(21-13-20(18)21)23(22)26(27)30/h2-12,14,18-23H,13H2,1H3/t14-,18-,19-,20-,21-,22+,23+/m1/s1. The third kappa shape index (κ3) is 2.72. The van der Waals surface area contributed by atoms with E-state index in [0.717, 1.165) is 6.42 Å². The Morgan fingerprint density at radius 2 is 1.48 bits per heavy atom. The molecule has 0 radical (unpaired) electrons. The second-order valence-electron chi connectivity index (χ2n) is 9.15. The molecule has 1 saturated heterocycles. The zero-order valence-corrected chi connectivity index (χ0v) is 17.2. The molecule has 4 aliphatic carbocycles. The molecule has 2 aromatic carbocycles. The van der Waals surface area contributed by atoms with E-state index in [2.05, 4.69) is 12.2 Å². The van der Waals surface area contributed by atoms with Gasteiger partial charge in [0.1, 0.15) is 5.75 Å². The first-order chi connectivity index (χ1) is 15.0. The fourth-order valence-corrected chi connectivity index (χ4v) is 5.98. The summed E-state index contributed by atoms with van der Waals surface area (Å²) in [7, 11) is 0. The van der Waals surface area contributed by atoms with E-state index in [0.29, 0.717) is 28.8 Å². The SMILES string of the molecule is C[C@@H](Oc1ccc(N2C(=O)[C@H]3[C@@H]4C=C[C@H]([C@H]5C[C@H]45)[C@@H]3C2=O)cc1)C(=O)c1ccccc1. The molecule has 7 rings (SSSR count). The third-order valence-corrected chi connectivity index (χ3v) is 7.50. The predicted molar refractivity (Wildman–Crippen MR) is 114 cm³/mol. The van der Waals surface area contributed by atoms with Crippen LogP contribution in [-0.2, 0) is 9.59 Å². The number of imide groups is 1. The average Bonchev–Trinajstić information content (AvgIpc) is 3.58. The number of hydrogen-bond donors (Lipinski definition) is 0. The number of nitrogens with zero attached hydrogens (tertiary/aromatic N) is 1. The van der Waals surface area contributed by atoms with Gasteiger partial charge in [0, 0.05) is 5.56 Å². The van der Waals surface area contributed by atoms with Gasteiger partial charge in [-0.2, -0.15) is 0 Å². The first-order valence-electron chi connectivity index (χ1n) is 11.0. The van der Waals surface area contributed by atoms with Crippen molar-refractivity contribution in [3.05, 3.63) is 72.3 Å². The van der Waals surface area contributed by atoms with Crippen LogP contribution in [0.3, 0.4) is 0 Å². The van der Waals surface area contributed by atoms with Crippen molar-refractivity contribution in [1.29, 1.82) is 0 Å². The van der Waals surface area contributed by atoms with Crippen LogP contribution in [0.5, 0.6) is 5.75 Å². The highest BCUT2D eigenvalue weighted by atomic mass is 16.5. The van der Waals surface area contributed by atoms with Gasteiger partial charge in [-0.25, -0.2) is 0 Å². The van der Waals surface area contributed by atoms with Crippen LogP contribution in [0.4, 0.5) is 5.69 Å². The Labute approximate surface area is 180 Å². The second-order valence-corrected chi connectivity index (χ2v) is 9.15. The zero-order valence-electron chi connectivity index (χ0n) is 17.2. The van der Waals surface area contributed by atoms with Crippen LogP contribution >= 0.6 is 0 Å². The van der Waals surface area contributed by atoms with Gasteiger partial charge < -0.3 is 4.74 Å². The van der Waals surface area contributed by atoms with Gasteiger partial charge in [0.25, 0.3) is 0 Å². The van der Waals surface area contributed by atoms with Crippen molar-refractivity contribution in [3.63, 3.8) is 0 Å². The quantitative estimate of drug-likeness (QED) is 0.424. The fourth-order valence-electron chi connectivity index (χ4n) is 5.98. The molecule has 156 valence electrons. The van der Waals surface area contributed by atoms with Gasteiger partial charge in [-0.15, -0.1) is 0 Å². The zero-order chi connectivity index (χ0) is 21.3. The maximum absolute atomic E-state index is 13.2. The predicted octanol–water partition coefficient (Wildman–Crippen LogP) is 3.89. The number of rotatable bonds is 5. The first kappa shape index (κ1) is 18.6. The van der Waals surface area contributed by atoms with Gasteiger partial charge in [-0.05, 0) is 61.3 Å². The maximum atomic E-state index is 13.2. The summed E-state index contributed by atoms with van der Waals surface area (Å²) < 4.78 is 5.81. The van der Waals surface area contributed by atoms with Crippen molar-refractivity contribution in [2.75, 3.05) is 4.90 Å². The third-order valence-electron chi connectivity index (χ3n) is 7.50. The summed E-state index contributed by atoms with van der Waals surface area (Å²) in [5.41, 5.74) is 1.18. The molecule has 0 N–H and O–H groups in total. The number of Topliss-reactive ketones (excluding diaryl/α,β-unsaturated/α-hetero) is 1. The molecule has 1 heterocycles. The Morgan fingerprint density at radius 1 is 0.903 bits per heavy atom. The minimum atomic E-state index is -0.639. The van der Waals surface area contributed by atoms with Gasteiger partial charge in [0.2, 0.25) is 17.6 Å².